The molecular weight excluding hydrogens is 120 g/mol. The van der Waals surface area contributed by atoms with Crippen molar-refractivity contribution in [2.45, 2.75) is 13.1 Å². The predicted molar refractivity (Wildman–Crippen MR) is 39.2 cm³/mol. The minimum atomic E-state index is 0.122. The van der Waals surface area contributed by atoms with Crippen LogP contribution in [0.1, 0.15) is 0 Å². The molecular formula is C5H16O2Si. The van der Waals surface area contributed by atoms with Crippen LogP contribution in [0.5, 0.6) is 0 Å². The van der Waals surface area contributed by atoms with Crippen molar-refractivity contribution in [1.82, 2.24) is 0 Å². The van der Waals surface area contributed by atoms with Crippen molar-refractivity contribution in [3.8, 4) is 0 Å². The van der Waals surface area contributed by atoms with Gasteiger partial charge in [-0.1, -0.05) is 13.1 Å². The van der Waals surface area contributed by atoms with Crippen LogP contribution in [0.2, 0.25) is 13.1 Å². The third-order valence-corrected chi connectivity index (χ3v) is 0.295. The Morgan fingerprint density at radius 1 is 1.50 bits per heavy atom. The fourth-order valence-electron chi connectivity index (χ4n) is 0.0913. The molecule has 0 saturated heterocycles. The van der Waals surface area contributed by atoms with Gasteiger partial charge < -0.3 is 9.84 Å². The van der Waals surface area contributed by atoms with Gasteiger partial charge in [-0.3, -0.25) is 0 Å². The molecule has 52 valence electrons. The molecule has 0 radical (unpaired) electrons. The Kier molecular flexibility index (Phi) is 21.6. The molecule has 0 atom stereocenters. The molecule has 3 heteroatoms. The molecule has 0 unspecified atom stereocenters. The smallest absolute Gasteiger partial charge is 0.0693 e. The molecule has 0 aliphatic heterocycles. The van der Waals surface area contributed by atoms with Gasteiger partial charge >= 0.3 is 0 Å². The summed E-state index contributed by atoms with van der Waals surface area (Å²) in [6, 6.07) is 0. The lowest BCUT2D eigenvalue weighted by Gasteiger charge is -1.84. The van der Waals surface area contributed by atoms with Gasteiger partial charge in [0.25, 0.3) is 0 Å². The quantitative estimate of drug-likeness (QED) is 0.536. The molecule has 0 aromatic heterocycles. The average molecular weight is 136 g/mol. The van der Waals surface area contributed by atoms with Gasteiger partial charge in [0, 0.05) is 16.6 Å². The first kappa shape index (κ1) is 11.0. The lowest BCUT2D eigenvalue weighted by molar-refractivity contribution is 0.135. The minimum Gasteiger partial charge on any atom is -0.394 e. The van der Waals surface area contributed by atoms with Gasteiger partial charge in [0.2, 0.25) is 0 Å². The maximum absolute atomic E-state index is 7.94. The molecule has 0 aliphatic carbocycles. The minimum absolute atomic E-state index is 0.122. The van der Waals surface area contributed by atoms with Crippen LogP contribution in [0, 0.1) is 0 Å². The van der Waals surface area contributed by atoms with E-state index in [1.807, 2.05) is 0 Å². The van der Waals surface area contributed by atoms with E-state index in [-0.39, 0.29) is 6.61 Å². The van der Waals surface area contributed by atoms with Gasteiger partial charge in [0.15, 0.2) is 0 Å². The normalized spacial score (nSPS) is 7.50. The van der Waals surface area contributed by atoms with Gasteiger partial charge in [-0.15, -0.1) is 0 Å². The number of rotatable bonds is 2. The molecule has 1 N–H and O–H groups in total. The SMILES string of the molecule is COCCO.C[SiH2]C. The Morgan fingerprint density at radius 2 is 1.88 bits per heavy atom. The second-order valence-electron chi connectivity index (χ2n) is 1.42. The molecule has 0 saturated carbocycles. The molecule has 0 fully saturated rings. The zero-order valence-corrected chi connectivity index (χ0v) is 7.39. The molecule has 0 amide bonds. The monoisotopic (exact) mass is 136 g/mol. The van der Waals surface area contributed by atoms with E-state index in [0.29, 0.717) is 16.1 Å². The van der Waals surface area contributed by atoms with E-state index in [9.17, 15) is 0 Å². The van der Waals surface area contributed by atoms with Crippen LogP contribution < -0.4 is 0 Å². The summed E-state index contributed by atoms with van der Waals surface area (Å²) in [4.78, 5) is 0. The zero-order chi connectivity index (χ0) is 6.83. The fraction of sp³-hybridized carbons (Fsp3) is 1.00. The number of ether oxygens (including phenoxy) is 1. The zero-order valence-electron chi connectivity index (χ0n) is 5.98. The second-order valence-corrected chi connectivity index (χ2v) is 2.84. The van der Waals surface area contributed by atoms with Gasteiger partial charge in [0.05, 0.1) is 13.2 Å². The van der Waals surface area contributed by atoms with Gasteiger partial charge in [-0.25, -0.2) is 0 Å². The Balaban J connectivity index is 0. The van der Waals surface area contributed by atoms with Crippen molar-refractivity contribution in [2.75, 3.05) is 20.3 Å². The van der Waals surface area contributed by atoms with Gasteiger partial charge in [0.1, 0.15) is 0 Å². The summed E-state index contributed by atoms with van der Waals surface area (Å²) >= 11 is 0. The Bertz CT molecular complexity index is 24.4. The highest BCUT2D eigenvalue weighted by Crippen LogP contribution is 1.56. The van der Waals surface area contributed by atoms with E-state index in [1.165, 1.54) is 0 Å². The summed E-state index contributed by atoms with van der Waals surface area (Å²) in [5.74, 6) is 0. The third kappa shape index (κ3) is 35.5. The number of hydrogen-bond donors (Lipinski definition) is 1. The summed E-state index contributed by atoms with van der Waals surface area (Å²) in [6.07, 6.45) is 0. The molecule has 2 nitrogen and oxygen atoms in total. The highest BCUT2D eigenvalue weighted by Gasteiger charge is 1.67. The number of aliphatic hydroxyl groups is 1. The van der Waals surface area contributed by atoms with E-state index in [4.69, 9.17) is 5.11 Å². The van der Waals surface area contributed by atoms with E-state index in [0.717, 1.165) is 0 Å². The van der Waals surface area contributed by atoms with Crippen LogP contribution in [0.3, 0.4) is 0 Å². The van der Waals surface area contributed by atoms with Gasteiger partial charge in [-0.2, -0.15) is 0 Å². The highest BCUT2D eigenvalue weighted by atomic mass is 28.2. The summed E-state index contributed by atoms with van der Waals surface area (Å²) in [5.41, 5.74) is 0. The van der Waals surface area contributed by atoms with E-state index >= 15 is 0 Å². The molecule has 0 bridgehead atoms. The second kappa shape index (κ2) is 15.7. The topological polar surface area (TPSA) is 29.5 Å². The third-order valence-electron chi connectivity index (χ3n) is 0.295. The van der Waals surface area contributed by atoms with Crippen molar-refractivity contribution in [3.05, 3.63) is 0 Å². The Hall–Kier alpha value is 0.137. The summed E-state index contributed by atoms with van der Waals surface area (Å²) in [7, 11) is 1.97. The molecule has 0 aromatic carbocycles. The van der Waals surface area contributed by atoms with Crippen LogP contribution in [-0.4, -0.2) is 34.9 Å². The summed E-state index contributed by atoms with van der Waals surface area (Å²) in [5, 5.41) is 7.94. The lowest BCUT2D eigenvalue weighted by Crippen LogP contribution is -1.91. The molecule has 0 heterocycles. The summed E-state index contributed by atoms with van der Waals surface area (Å²) in [6.45, 7) is 5.09. The first-order valence-corrected chi connectivity index (χ1v) is 5.76. The first-order chi connectivity index (χ1) is 3.83. The van der Waals surface area contributed by atoms with Crippen LogP contribution in [0.4, 0.5) is 0 Å². The van der Waals surface area contributed by atoms with Crippen molar-refractivity contribution < 1.29 is 9.84 Å². The number of methoxy groups -OCH3 is 1. The summed E-state index contributed by atoms with van der Waals surface area (Å²) < 4.78 is 4.44. The first-order valence-electron chi connectivity index (χ1n) is 2.93. The molecule has 0 rings (SSSR count). The molecule has 0 aliphatic rings. The largest absolute Gasteiger partial charge is 0.394 e. The maximum atomic E-state index is 7.94. The molecule has 0 spiro atoms. The van der Waals surface area contributed by atoms with Crippen LogP contribution >= 0.6 is 0 Å². The van der Waals surface area contributed by atoms with Crippen LogP contribution in [-0.2, 0) is 4.74 Å². The van der Waals surface area contributed by atoms with E-state index in [2.05, 4.69) is 17.8 Å². The van der Waals surface area contributed by atoms with Crippen molar-refractivity contribution in [3.63, 3.8) is 0 Å². The Morgan fingerprint density at radius 3 is 1.88 bits per heavy atom. The predicted octanol–water partition coefficient (Wildman–Crippen LogP) is -0.123. The molecule has 8 heavy (non-hydrogen) atoms. The van der Waals surface area contributed by atoms with Crippen molar-refractivity contribution in [2.24, 2.45) is 0 Å². The van der Waals surface area contributed by atoms with Gasteiger partial charge in [-0.05, 0) is 0 Å². The highest BCUT2D eigenvalue weighted by molar-refractivity contribution is 6.31. The van der Waals surface area contributed by atoms with Crippen LogP contribution in [0.15, 0.2) is 0 Å². The molecule has 0 aromatic rings. The maximum Gasteiger partial charge on any atom is 0.0693 e. The van der Waals surface area contributed by atoms with E-state index in [1.54, 1.807) is 7.11 Å². The Labute approximate surface area is 53.7 Å². The average Bonchev–Trinajstić information content (AvgIpc) is 1.71. The number of aliphatic hydroxyl groups excluding tert-OH is 1. The van der Waals surface area contributed by atoms with Crippen molar-refractivity contribution >= 4 is 9.52 Å². The lowest BCUT2D eigenvalue weighted by atomic mass is 10.8. The number of hydrogen-bond acceptors (Lipinski definition) is 2. The van der Waals surface area contributed by atoms with E-state index < -0.39 is 0 Å². The standard InChI is InChI=1S/C3H8O2.C2H8Si/c1-5-3-2-4;1-3-2/h4H,2-3H2,1H3;3H2,1-2H3. The van der Waals surface area contributed by atoms with Crippen LogP contribution in [0.25, 0.3) is 0 Å². The van der Waals surface area contributed by atoms with Crippen molar-refractivity contribution in [1.29, 1.82) is 0 Å². The fourth-order valence-corrected chi connectivity index (χ4v) is 0.0913.